The van der Waals surface area contributed by atoms with Gasteiger partial charge in [0, 0.05) is 31.9 Å². The molecule has 1 aromatic heterocycles. The molecule has 0 saturated carbocycles. The maximum atomic E-state index is 5.26. The summed E-state index contributed by atoms with van der Waals surface area (Å²) in [7, 11) is 1.68. The fourth-order valence-electron chi connectivity index (χ4n) is 4.41. The van der Waals surface area contributed by atoms with Gasteiger partial charge in [0.05, 0.1) is 19.7 Å². The maximum Gasteiger partial charge on any atom is 0.168 e. The second-order valence-corrected chi connectivity index (χ2v) is 8.28. The van der Waals surface area contributed by atoms with Gasteiger partial charge in [0.1, 0.15) is 5.75 Å². The Labute approximate surface area is 184 Å². The highest BCUT2D eigenvalue weighted by Gasteiger charge is 2.28. The molecule has 164 valence electrons. The lowest BCUT2D eigenvalue weighted by atomic mass is 10.1. The van der Waals surface area contributed by atoms with E-state index in [0.717, 1.165) is 49.7 Å². The number of hydrogen-bond donors (Lipinski definition) is 0. The van der Waals surface area contributed by atoms with Crippen LogP contribution in [0.1, 0.15) is 41.9 Å². The van der Waals surface area contributed by atoms with Crippen LogP contribution in [0.5, 0.6) is 5.75 Å². The number of nitrogens with zero attached hydrogens (tertiary/aromatic N) is 6. The minimum Gasteiger partial charge on any atom is -0.497 e. The molecule has 7 nitrogen and oxygen atoms in total. The Hall–Kier alpha value is -2.93. The second-order valence-electron chi connectivity index (χ2n) is 8.28. The van der Waals surface area contributed by atoms with Gasteiger partial charge in [-0.25, -0.2) is 4.68 Å². The molecule has 3 aromatic rings. The van der Waals surface area contributed by atoms with Crippen LogP contribution in [0.25, 0.3) is 0 Å². The van der Waals surface area contributed by atoms with E-state index in [-0.39, 0.29) is 6.04 Å². The summed E-state index contributed by atoms with van der Waals surface area (Å²) in [6.45, 7) is 11.3. The molecule has 0 spiro atoms. The molecule has 1 atom stereocenters. The third-order valence-corrected chi connectivity index (χ3v) is 6.20. The van der Waals surface area contributed by atoms with E-state index in [1.165, 1.54) is 16.8 Å². The van der Waals surface area contributed by atoms with Gasteiger partial charge in [0.15, 0.2) is 5.82 Å². The highest BCUT2D eigenvalue weighted by Crippen LogP contribution is 2.27. The second kappa shape index (κ2) is 9.47. The standard InChI is InChI=1S/C24H32N6O/c1-5-22(24-25-26-27-30(24)17-20-8-10-21(31-4)11-9-20)28-12-14-29(15-13-28)23-16-18(2)6-7-19(23)3/h6-11,16,22H,5,12-15,17H2,1-4H3. The first kappa shape index (κ1) is 21.3. The molecule has 1 saturated heterocycles. The number of benzene rings is 2. The van der Waals surface area contributed by atoms with Crippen LogP contribution in [0.2, 0.25) is 0 Å². The molecule has 2 heterocycles. The van der Waals surface area contributed by atoms with Gasteiger partial charge in [-0.3, -0.25) is 4.90 Å². The molecule has 0 radical (unpaired) electrons. The van der Waals surface area contributed by atoms with Crippen molar-refractivity contribution in [2.75, 3.05) is 38.2 Å². The summed E-state index contributed by atoms with van der Waals surface area (Å²) in [5.74, 6) is 1.80. The summed E-state index contributed by atoms with van der Waals surface area (Å²) in [5.41, 5.74) is 5.17. The highest BCUT2D eigenvalue weighted by atomic mass is 16.5. The van der Waals surface area contributed by atoms with Crippen LogP contribution in [0, 0.1) is 13.8 Å². The zero-order chi connectivity index (χ0) is 21.8. The van der Waals surface area contributed by atoms with Crippen LogP contribution in [0.3, 0.4) is 0 Å². The van der Waals surface area contributed by atoms with Gasteiger partial charge < -0.3 is 9.64 Å². The quantitative estimate of drug-likeness (QED) is 0.582. The molecule has 0 N–H and O–H groups in total. The van der Waals surface area contributed by atoms with E-state index < -0.39 is 0 Å². The van der Waals surface area contributed by atoms with Crippen LogP contribution >= 0.6 is 0 Å². The molecule has 7 heteroatoms. The first-order valence-corrected chi connectivity index (χ1v) is 11.0. The van der Waals surface area contributed by atoms with Crippen LogP contribution in [-0.2, 0) is 6.54 Å². The van der Waals surface area contributed by atoms with Crippen molar-refractivity contribution in [3.63, 3.8) is 0 Å². The number of ether oxygens (including phenoxy) is 1. The van der Waals surface area contributed by atoms with E-state index in [2.05, 4.69) is 76.4 Å². The number of aromatic nitrogens is 4. The predicted molar refractivity (Wildman–Crippen MR) is 123 cm³/mol. The Kier molecular flexibility index (Phi) is 6.51. The summed E-state index contributed by atoms with van der Waals surface area (Å²) in [6, 6.07) is 15.0. The number of rotatable bonds is 7. The summed E-state index contributed by atoms with van der Waals surface area (Å²) >= 11 is 0. The smallest absolute Gasteiger partial charge is 0.168 e. The zero-order valence-electron chi connectivity index (χ0n) is 19.0. The van der Waals surface area contributed by atoms with Gasteiger partial charge in [-0.15, -0.1) is 5.10 Å². The molecule has 0 aliphatic carbocycles. The lowest BCUT2D eigenvalue weighted by molar-refractivity contribution is 0.169. The topological polar surface area (TPSA) is 59.3 Å². The van der Waals surface area contributed by atoms with E-state index >= 15 is 0 Å². The number of piperazine rings is 1. The van der Waals surface area contributed by atoms with Crippen LogP contribution in [0.15, 0.2) is 42.5 Å². The van der Waals surface area contributed by atoms with E-state index in [4.69, 9.17) is 4.74 Å². The maximum absolute atomic E-state index is 5.26. The monoisotopic (exact) mass is 420 g/mol. The number of hydrogen-bond acceptors (Lipinski definition) is 6. The number of anilines is 1. The highest BCUT2D eigenvalue weighted by molar-refractivity contribution is 5.55. The molecule has 1 aliphatic rings. The van der Waals surface area contributed by atoms with Gasteiger partial charge in [0.2, 0.25) is 0 Å². The van der Waals surface area contributed by atoms with Crippen molar-refractivity contribution in [1.82, 2.24) is 25.1 Å². The minimum atomic E-state index is 0.217. The molecule has 31 heavy (non-hydrogen) atoms. The zero-order valence-corrected chi connectivity index (χ0v) is 19.0. The molecule has 2 aromatic carbocycles. The Balaban J connectivity index is 1.45. The van der Waals surface area contributed by atoms with E-state index in [0.29, 0.717) is 6.54 Å². The van der Waals surface area contributed by atoms with Crippen molar-refractivity contribution in [2.24, 2.45) is 0 Å². The Morgan fingerprint density at radius 1 is 1.00 bits per heavy atom. The van der Waals surface area contributed by atoms with Crippen molar-refractivity contribution >= 4 is 5.69 Å². The van der Waals surface area contributed by atoms with Crippen molar-refractivity contribution in [3.8, 4) is 5.75 Å². The van der Waals surface area contributed by atoms with Gasteiger partial charge in [-0.1, -0.05) is 31.2 Å². The molecular formula is C24H32N6O. The average molecular weight is 421 g/mol. The summed E-state index contributed by atoms with van der Waals surface area (Å²) in [4.78, 5) is 5.03. The van der Waals surface area contributed by atoms with Crippen molar-refractivity contribution in [2.45, 2.75) is 39.8 Å². The van der Waals surface area contributed by atoms with Crippen LogP contribution < -0.4 is 9.64 Å². The summed E-state index contributed by atoms with van der Waals surface area (Å²) in [5, 5.41) is 12.7. The average Bonchev–Trinajstić information content (AvgIpc) is 3.25. The van der Waals surface area contributed by atoms with Gasteiger partial charge in [-0.05, 0) is 65.6 Å². The molecule has 0 amide bonds. The van der Waals surface area contributed by atoms with Crippen molar-refractivity contribution in [1.29, 1.82) is 0 Å². The Morgan fingerprint density at radius 2 is 1.74 bits per heavy atom. The van der Waals surface area contributed by atoms with Gasteiger partial charge >= 0.3 is 0 Å². The molecule has 1 aliphatic heterocycles. The molecule has 1 fully saturated rings. The Bertz CT molecular complexity index is 992. The number of tetrazole rings is 1. The lowest BCUT2D eigenvalue weighted by Crippen LogP contribution is -2.48. The van der Waals surface area contributed by atoms with Crippen LogP contribution in [0.4, 0.5) is 5.69 Å². The van der Waals surface area contributed by atoms with Crippen molar-refractivity contribution < 1.29 is 4.74 Å². The van der Waals surface area contributed by atoms with E-state index in [1.807, 2.05) is 16.8 Å². The molecule has 1 unspecified atom stereocenters. The summed E-state index contributed by atoms with van der Waals surface area (Å²) < 4.78 is 7.20. The molecule has 4 rings (SSSR count). The SMILES string of the molecule is CCC(c1nnnn1Cc1ccc(OC)cc1)N1CCN(c2cc(C)ccc2C)CC1. The number of aryl methyl sites for hydroxylation is 2. The normalized spacial score (nSPS) is 15.8. The largest absolute Gasteiger partial charge is 0.497 e. The molecule has 0 bridgehead atoms. The first-order valence-electron chi connectivity index (χ1n) is 11.0. The predicted octanol–water partition coefficient (Wildman–Crippen LogP) is 3.62. The van der Waals surface area contributed by atoms with Gasteiger partial charge in [0.25, 0.3) is 0 Å². The third kappa shape index (κ3) is 4.71. The van der Waals surface area contributed by atoms with E-state index in [9.17, 15) is 0 Å². The van der Waals surface area contributed by atoms with E-state index in [1.54, 1.807) is 7.11 Å². The van der Waals surface area contributed by atoms with Gasteiger partial charge in [-0.2, -0.15) is 0 Å². The fraction of sp³-hybridized carbons (Fsp3) is 0.458. The van der Waals surface area contributed by atoms with Crippen molar-refractivity contribution in [3.05, 3.63) is 65.0 Å². The Morgan fingerprint density at radius 3 is 2.42 bits per heavy atom. The fourth-order valence-corrected chi connectivity index (χ4v) is 4.41. The van der Waals surface area contributed by atoms with Crippen LogP contribution in [-0.4, -0.2) is 58.4 Å². The molecular weight excluding hydrogens is 388 g/mol. The first-order chi connectivity index (χ1) is 15.1. The summed E-state index contributed by atoms with van der Waals surface area (Å²) in [6.07, 6.45) is 0.979. The number of methoxy groups -OCH3 is 1. The third-order valence-electron chi connectivity index (χ3n) is 6.20. The minimum absolute atomic E-state index is 0.217. The lowest BCUT2D eigenvalue weighted by Gasteiger charge is -2.40.